The second-order valence-corrected chi connectivity index (χ2v) is 19.4. The van der Waals surface area contributed by atoms with E-state index in [0.717, 1.165) is 37.1 Å². The van der Waals surface area contributed by atoms with E-state index in [-0.39, 0.29) is 80.0 Å². The molecule has 2 aliphatic heterocycles. The number of ether oxygens (including phenoxy) is 2. The number of carbonyl (C=O) groups is 6. The van der Waals surface area contributed by atoms with Gasteiger partial charge in [0.15, 0.2) is 12.9 Å². The molecule has 0 radical (unpaired) electrons. The summed E-state index contributed by atoms with van der Waals surface area (Å²) in [5.74, 6) is -3.77. The van der Waals surface area contributed by atoms with Crippen molar-refractivity contribution >= 4 is 73.8 Å². The minimum Gasteiger partial charge on any atom is -0.481 e. The summed E-state index contributed by atoms with van der Waals surface area (Å²) in [5, 5.41) is 20.4. The lowest BCUT2D eigenvalue weighted by Gasteiger charge is -2.36. The number of nitrogens with zero attached hydrogens (tertiary/aromatic N) is 3. The third-order valence-corrected chi connectivity index (χ3v) is 13.7. The van der Waals surface area contributed by atoms with Gasteiger partial charge in [0.1, 0.15) is 27.4 Å². The van der Waals surface area contributed by atoms with Crippen molar-refractivity contribution in [2.75, 3.05) is 32.7 Å². The van der Waals surface area contributed by atoms with Crippen molar-refractivity contribution in [3.05, 3.63) is 39.8 Å². The first-order chi connectivity index (χ1) is 29.7. The molecule has 1 aromatic carbocycles. The molecule has 3 unspecified atom stereocenters. The van der Waals surface area contributed by atoms with Gasteiger partial charge in [0, 0.05) is 44.3 Å². The first-order valence-electron chi connectivity index (χ1n) is 21.2. The number of likely N-dealkylation sites (tertiary alicyclic amines) is 1. The van der Waals surface area contributed by atoms with Gasteiger partial charge in [-0.3, -0.25) is 42.7 Å². The van der Waals surface area contributed by atoms with Gasteiger partial charge in [-0.2, -0.15) is 0 Å². The summed E-state index contributed by atoms with van der Waals surface area (Å²) in [6.45, 7) is 10.5. The van der Waals surface area contributed by atoms with Crippen LogP contribution in [0.2, 0.25) is 0 Å². The number of thiazole rings is 1. The molecular formula is C42H63N6O12PS2. The smallest absolute Gasteiger partial charge is 0.334 e. The van der Waals surface area contributed by atoms with Crippen LogP contribution in [0.4, 0.5) is 5.69 Å². The van der Waals surface area contributed by atoms with Crippen molar-refractivity contribution in [3.8, 4) is 5.75 Å². The second-order valence-electron chi connectivity index (χ2n) is 16.7. The average Bonchev–Trinajstić information content (AvgIpc) is 3.72. The number of amides is 4. The Morgan fingerprint density at radius 1 is 1.17 bits per heavy atom. The Labute approximate surface area is 379 Å². The fourth-order valence-electron chi connectivity index (χ4n) is 7.31. The molecule has 18 nitrogen and oxygen atoms in total. The van der Waals surface area contributed by atoms with Gasteiger partial charge in [0.25, 0.3) is 5.91 Å². The highest BCUT2D eigenvalue weighted by Gasteiger charge is 2.36. The summed E-state index contributed by atoms with van der Waals surface area (Å²) < 4.78 is 22.0. The minimum atomic E-state index is -2.34. The first-order valence-corrected chi connectivity index (χ1v) is 23.7. The number of hydrogen-bond acceptors (Lipinski definition) is 15. The van der Waals surface area contributed by atoms with Gasteiger partial charge in [0.05, 0.1) is 17.6 Å². The van der Waals surface area contributed by atoms with Gasteiger partial charge in [-0.1, -0.05) is 39.7 Å². The molecule has 0 aliphatic carbocycles. The van der Waals surface area contributed by atoms with Crippen molar-refractivity contribution < 1.29 is 57.3 Å². The SMILES string of the molecule is CC[C@H](C)[C@H](NC(=O)[C@H]1CCCCN1C)C(=O)N(C)[C@@H](C)C[C@@H](OC(C)=O)c1nc(C(=O)N[C@@H](Cc2ccc3c(c2)NC(=O)CCC(C)(S)OP(O)OCO3)CC(C)C(=O)O)cs1. The zero-order chi connectivity index (χ0) is 46.6. The number of esters is 1. The molecule has 3 heterocycles. The Hall–Kier alpha value is -3.91. The lowest BCUT2D eigenvalue weighted by Crippen LogP contribution is -2.57. The van der Waals surface area contributed by atoms with Crippen LogP contribution in [0.5, 0.6) is 5.75 Å². The molecule has 4 amide bonds. The topological polar surface area (TPSA) is 235 Å². The Balaban J connectivity index is 1.50. The van der Waals surface area contributed by atoms with Crippen molar-refractivity contribution in [2.45, 2.75) is 135 Å². The van der Waals surface area contributed by atoms with E-state index in [9.17, 15) is 38.8 Å². The van der Waals surface area contributed by atoms with E-state index in [2.05, 4.69) is 33.6 Å². The number of anilines is 1. The predicted octanol–water partition coefficient (Wildman–Crippen LogP) is 5.42. The zero-order valence-electron chi connectivity index (χ0n) is 37.3. The molecule has 2 aromatic rings. The number of fused-ring (bicyclic) bond motifs is 1. The normalized spacial score (nSPS) is 22.7. The van der Waals surface area contributed by atoms with Crippen LogP contribution >= 0.6 is 32.6 Å². The largest absolute Gasteiger partial charge is 0.481 e. The minimum absolute atomic E-state index is 0.000193. The number of nitrogens with one attached hydrogen (secondary N) is 3. The standard InChI is InChI=1S/C42H63N6O12PS2/c1-9-24(2)36(46-38(52)32-12-10-11-17-47(32)7)40(53)48(8)26(4)19-34(59-27(5)49)39-45-31(22-63-39)37(51)43-29(18-25(3)41(54)55)20-28-13-14-33-30(21-28)44-35(50)15-16-42(6,62)60-61(56)58-23-57-33/h13-14,21-22,24-26,29,32,34,36,56,62H,9-12,15-20,23H2,1-8H3,(H,43,51)(H,44,50)(H,46,52)(H,54,55)/t24-,25?,26-,29+,32+,34+,36-,42?,61?/m0/s1. The number of hydrogen-bond donors (Lipinski definition) is 6. The third kappa shape index (κ3) is 15.6. The number of thiol groups is 1. The van der Waals surface area contributed by atoms with Gasteiger partial charge in [0.2, 0.25) is 17.7 Å². The number of carboxylic acid groups (broad SMARTS) is 1. The number of aromatic nitrogens is 1. The van der Waals surface area contributed by atoms with Crippen molar-refractivity contribution in [3.63, 3.8) is 0 Å². The van der Waals surface area contributed by atoms with Gasteiger partial charge in [-0.05, 0) is 83.2 Å². The van der Waals surface area contributed by atoms with Crippen LogP contribution in [0.25, 0.3) is 0 Å². The zero-order valence-corrected chi connectivity index (χ0v) is 39.9. The van der Waals surface area contributed by atoms with Crippen LogP contribution in [0.1, 0.15) is 120 Å². The third-order valence-electron chi connectivity index (χ3n) is 11.4. The first kappa shape index (κ1) is 51.7. The summed E-state index contributed by atoms with van der Waals surface area (Å²) in [6.07, 6.45) is 2.95. The fraction of sp³-hybridized carbons (Fsp3) is 0.643. The lowest BCUT2D eigenvalue weighted by molar-refractivity contribution is -0.148. The van der Waals surface area contributed by atoms with Crippen LogP contribution in [-0.4, -0.2) is 117 Å². The Bertz CT molecular complexity index is 1920. The van der Waals surface area contributed by atoms with Crippen LogP contribution < -0.4 is 20.7 Å². The molecule has 0 saturated carbocycles. The number of carboxylic acids is 1. The highest BCUT2D eigenvalue weighted by Crippen LogP contribution is 2.42. The molecule has 9 atom stereocenters. The quantitative estimate of drug-likeness (QED) is 0.0661. The molecule has 0 spiro atoms. The van der Waals surface area contributed by atoms with E-state index < -0.39 is 61.5 Å². The van der Waals surface area contributed by atoms with E-state index in [1.807, 2.05) is 32.7 Å². The van der Waals surface area contributed by atoms with E-state index >= 15 is 0 Å². The van der Waals surface area contributed by atoms with E-state index in [1.165, 1.54) is 19.2 Å². The van der Waals surface area contributed by atoms with E-state index in [4.69, 9.17) is 18.5 Å². The molecule has 21 heteroatoms. The van der Waals surface area contributed by atoms with Crippen LogP contribution in [-0.2, 0) is 44.2 Å². The fourth-order valence-corrected chi connectivity index (χ4v) is 9.09. The predicted molar refractivity (Wildman–Crippen MR) is 240 cm³/mol. The molecule has 1 aromatic heterocycles. The van der Waals surface area contributed by atoms with Crippen LogP contribution in [0.15, 0.2) is 23.6 Å². The molecule has 1 saturated heterocycles. The molecule has 2 aliphatic rings. The van der Waals surface area contributed by atoms with Crippen LogP contribution in [0.3, 0.4) is 0 Å². The number of rotatable bonds is 17. The summed E-state index contributed by atoms with van der Waals surface area (Å²) in [7, 11) is 1.23. The van der Waals surface area contributed by atoms with Gasteiger partial charge in [-0.25, -0.2) is 4.98 Å². The average molecular weight is 939 g/mol. The highest BCUT2D eigenvalue weighted by molar-refractivity contribution is 7.81. The highest BCUT2D eigenvalue weighted by atomic mass is 32.1. The number of carbonyl (C=O) groups excluding carboxylic acids is 5. The van der Waals surface area contributed by atoms with E-state index in [1.54, 1.807) is 37.1 Å². The van der Waals surface area contributed by atoms with E-state index in [0.29, 0.717) is 22.7 Å². The Morgan fingerprint density at radius 2 is 1.90 bits per heavy atom. The molecule has 1 fully saturated rings. The van der Waals surface area contributed by atoms with Gasteiger partial charge >= 0.3 is 20.5 Å². The van der Waals surface area contributed by atoms with Crippen molar-refractivity contribution in [1.29, 1.82) is 0 Å². The number of likely N-dealkylation sites (N-methyl/N-ethyl adjacent to an activating group) is 2. The molecule has 5 N–H and O–H groups in total. The molecule has 4 rings (SSSR count). The summed E-state index contributed by atoms with van der Waals surface area (Å²) >= 11 is 5.49. The van der Waals surface area contributed by atoms with Gasteiger partial charge < -0.3 is 40.3 Å². The lowest BCUT2D eigenvalue weighted by atomic mass is 9.95. The monoisotopic (exact) mass is 938 g/mol. The number of benzene rings is 1. The maximum Gasteiger partial charge on any atom is 0.334 e. The van der Waals surface area contributed by atoms with Crippen LogP contribution in [0, 0.1) is 11.8 Å². The summed E-state index contributed by atoms with van der Waals surface area (Å²) in [5.41, 5.74) is 0.960. The summed E-state index contributed by atoms with van der Waals surface area (Å²) in [4.78, 5) is 95.6. The summed E-state index contributed by atoms with van der Waals surface area (Å²) in [6, 6.07) is 2.69. The number of piperidine rings is 1. The van der Waals surface area contributed by atoms with Crippen molar-refractivity contribution in [1.82, 2.24) is 25.4 Å². The maximum absolute atomic E-state index is 14.0. The maximum atomic E-state index is 14.0. The Kier molecular flexibility index (Phi) is 19.6. The molecular weight excluding hydrogens is 876 g/mol. The Morgan fingerprint density at radius 3 is 2.57 bits per heavy atom. The van der Waals surface area contributed by atoms with Gasteiger partial charge in [-0.15, -0.1) is 24.0 Å². The molecule has 350 valence electrons. The molecule has 0 bridgehead atoms. The second kappa shape index (κ2) is 23.9. The number of aliphatic carboxylic acids is 1. The molecule has 63 heavy (non-hydrogen) atoms. The van der Waals surface area contributed by atoms with Crippen molar-refractivity contribution in [2.24, 2.45) is 11.8 Å².